The maximum absolute atomic E-state index is 12.2. The van der Waals surface area contributed by atoms with Gasteiger partial charge in [-0.1, -0.05) is 0 Å². The van der Waals surface area contributed by atoms with Crippen molar-refractivity contribution < 1.29 is 45.8 Å². The molecule has 3 rings (SSSR count). The SMILES string of the molecule is CC(C)(C)OC(=O)NS(=O)(=O)OC[C@@]12OCC3OC(C)(C)OC3C1OC(C)(C)O2. The number of rotatable bonds is 4. The van der Waals surface area contributed by atoms with E-state index in [4.69, 9.17) is 32.6 Å². The van der Waals surface area contributed by atoms with Crippen LogP contribution in [0.1, 0.15) is 48.5 Å². The van der Waals surface area contributed by atoms with Crippen molar-refractivity contribution in [3.8, 4) is 0 Å². The van der Waals surface area contributed by atoms with E-state index in [2.05, 4.69) is 0 Å². The Balaban J connectivity index is 1.72. The largest absolute Gasteiger partial charge is 0.443 e. The summed E-state index contributed by atoms with van der Waals surface area (Å²) < 4.78 is 65.4. The third kappa shape index (κ3) is 5.19. The summed E-state index contributed by atoms with van der Waals surface area (Å²) in [6.07, 6.45) is -2.92. The Morgan fingerprint density at radius 1 is 1.10 bits per heavy atom. The number of carbonyl (C=O) groups excluding carboxylic acids is 1. The van der Waals surface area contributed by atoms with Gasteiger partial charge in [-0.05, 0) is 48.5 Å². The van der Waals surface area contributed by atoms with E-state index < -0.39 is 64.3 Å². The molecule has 168 valence electrons. The van der Waals surface area contributed by atoms with Crippen LogP contribution in [-0.2, 0) is 42.9 Å². The van der Waals surface area contributed by atoms with Gasteiger partial charge in [-0.25, -0.2) is 8.98 Å². The predicted molar refractivity (Wildman–Crippen MR) is 96.8 cm³/mol. The minimum Gasteiger partial charge on any atom is -0.443 e. The first-order chi connectivity index (χ1) is 13.0. The van der Waals surface area contributed by atoms with Gasteiger partial charge in [-0.3, -0.25) is 0 Å². The molecule has 3 aliphatic rings. The second kappa shape index (κ2) is 7.01. The summed E-state index contributed by atoms with van der Waals surface area (Å²) >= 11 is 0. The van der Waals surface area contributed by atoms with Crippen LogP contribution in [0.15, 0.2) is 0 Å². The third-order valence-electron chi connectivity index (χ3n) is 4.30. The Morgan fingerprint density at radius 2 is 1.76 bits per heavy atom. The normalized spacial score (nSPS) is 35.6. The lowest BCUT2D eigenvalue weighted by Gasteiger charge is -2.40. The van der Waals surface area contributed by atoms with Crippen molar-refractivity contribution in [3.05, 3.63) is 0 Å². The summed E-state index contributed by atoms with van der Waals surface area (Å²) in [7, 11) is -4.49. The highest BCUT2D eigenvalue weighted by atomic mass is 32.2. The van der Waals surface area contributed by atoms with Crippen LogP contribution in [0.25, 0.3) is 0 Å². The highest BCUT2D eigenvalue weighted by Gasteiger charge is 2.65. The van der Waals surface area contributed by atoms with Crippen molar-refractivity contribution in [2.45, 2.75) is 89.7 Å². The van der Waals surface area contributed by atoms with Crippen LogP contribution >= 0.6 is 0 Å². The molecular formula is C17H29NO10S. The average molecular weight is 439 g/mol. The van der Waals surface area contributed by atoms with E-state index in [9.17, 15) is 13.2 Å². The predicted octanol–water partition coefficient (Wildman–Crippen LogP) is 1.17. The Labute approximate surface area is 170 Å². The first-order valence-electron chi connectivity index (χ1n) is 9.29. The molecule has 29 heavy (non-hydrogen) atoms. The summed E-state index contributed by atoms with van der Waals surface area (Å²) in [5, 5.41) is 0. The lowest BCUT2D eigenvalue weighted by Crippen LogP contribution is -2.60. The molecule has 0 bridgehead atoms. The van der Waals surface area contributed by atoms with Gasteiger partial charge in [0.25, 0.3) is 0 Å². The molecule has 3 saturated heterocycles. The van der Waals surface area contributed by atoms with Gasteiger partial charge in [0.2, 0.25) is 5.79 Å². The molecule has 12 heteroatoms. The molecule has 3 heterocycles. The number of amides is 1. The zero-order valence-electron chi connectivity index (χ0n) is 17.6. The quantitative estimate of drug-likeness (QED) is 0.682. The van der Waals surface area contributed by atoms with Gasteiger partial charge in [0.1, 0.15) is 30.5 Å². The highest BCUT2D eigenvalue weighted by Crippen LogP contribution is 2.47. The van der Waals surface area contributed by atoms with E-state index in [1.54, 1.807) is 53.2 Å². The average Bonchev–Trinajstić information content (AvgIpc) is 2.94. The molecule has 0 radical (unpaired) electrons. The molecule has 0 spiro atoms. The van der Waals surface area contributed by atoms with Crippen LogP contribution in [0.3, 0.4) is 0 Å². The number of carbonyl (C=O) groups is 1. The maximum atomic E-state index is 12.2. The Morgan fingerprint density at radius 3 is 2.38 bits per heavy atom. The van der Waals surface area contributed by atoms with Crippen LogP contribution in [0.5, 0.6) is 0 Å². The van der Waals surface area contributed by atoms with Gasteiger partial charge >= 0.3 is 16.4 Å². The highest BCUT2D eigenvalue weighted by molar-refractivity contribution is 7.85. The fourth-order valence-electron chi connectivity index (χ4n) is 3.54. The number of nitrogens with one attached hydrogen (secondary N) is 1. The van der Waals surface area contributed by atoms with E-state index in [0.717, 1.165) is 0 Å². The second-order valence-corrected chi connectivity index (χ2v) is 10.5. The van der Waals surface area contributed by atoms with Crippen molar-refractivity contribution in [2.24, 2.45) is 0 Å². The van der Waals surface area contributed by atoms with Gasteiger partial charge in [0, 0.05) is 0 Å². The molecule has 0 aliphatic carbocycles. The minimum absolute atomic E-state index is 0.0902. The second-order valence-electron chi connectivity index (χ2n) is 9.12. The van der Waals surface area contributed by atoms with Crippen molar-refractivity contribution >= 4 is 16.4 Å². The molecule has 3 unspecified atom stereocenters. The van der Waals surface area contributed by atoms with E-state index in [1.807, 2.05) is 0 Å². The third-order valence-corrected chi connectivity index (χ3v) is 5.14. The summed E-state index contributed by atoms with van der Waals surface area (Å²) in [6, 6.07) is 0. The molecule has 0 aromatic heterocycles. The van der Waals surface area contributed by atoms with E-state index >= 15 is 0 Å². The molecular weight excluding hydrogens is 410 g/mol. The van der Waals surface area contributed by atoms with E-state index in [1.165, 1.54) is 0 Å². The summed E-state index contributed by atoms with van der Waals surface area (Å²) in [5.41, 5.74) is -0.871. The van der Waals surface area contributed by atoms with Crippen LogP contribution in [0, 0.1) is 0 Å². The van der Waals surface area contributed by atoms with Gasteiger partial charge < -0.3 is 28.4 Å². The molecule has 0 saturated carbocycles. The van der Waals surface area contributed by atoms with Crippen molar-refractivity contribution in [1.29, 1.82) is 0 Å². The lowest BCUT2D eigenvalue weighted by molar-refractivity contribution is -0.290. The first kappa shape index (κ1) is 22.7. The van der Waals surface area contributed by atoms with E-state index in [-0.39, 0.29) is 6.61 Å². The minimum atomic E-state index is -4.49. The van der Waals surface area contributed by atoms with Crippen LogP contribution in [-0.4, -0.2) is 69.0 Å². The molecule has 11 nitrogen and oxygen atoms in total. The molecule has 0 aromatic rings. The zero-order chi connectivity index (χ0) is 21.9. The first-order valence-corrected chi connectivity index (χ1v) is 10.7. The van der Waals surface area contributed by atoms with Gasteiger partial charge in [0.05, 0.1) is 6.61 Å². The van der Waals surface area contributed by atoms with Crippen molar-refractivity contribution in [2.75, 3.05) is 13.2 Å². The molecule has 0 aromatic carbocycles. The van der Waals surface area contributed by atoms with Crippen molar-refractivity contribution in [3.63, 3.8) is 0 Å². The fraction of sp³-hybridized carbons (Fsp3) is 0.941. The number of fused-ring (bicyclic) bond motifs is 3. The molecule has 3 fully saturated rings. The summed E-state index contributed by atoms with van der Waals surface area (Å²) in [6.45, 7) is 11.2. The number of hydrogen-bond donors (Lipinski definition) is 1. The number of hydrogen-bond acceptors (Lipinski definition) is 10. The van der Waals surface area contributed by atoms with Gasteiger partial charge in [-0.15, -0.1) is 0 Å². The molecule has 1 amide bonds. The van der Waals surface area contributed by atoms with Gasteiger partial charge in [0.15, 0.2) is 11.6 Å². The molecule has 1 N–H and O–H groups in total. The van der Waals surface area contributed by atoms with Crippen LogP contribution in [0.4, 0.5) is 4.79 Å². The molecule has 3 aliphatic heterocycles. The molecule has 4 atom stereocenters. The van der Waals surface area contributed by atoms with E-state index in [0.29, 0.717) is 0 Å². The smallest absolute Gasteiger partial charge is 0.423 e. The Kier molecular flexibility index (Phi) is 5.48. The Hall–Kier alpha value is -1.02. The van der Waals surface area contributed by atoms with Gasteiger partial charge in [-0.2, -0.15) is 13.1 Å². The topological polar surface area (TPSA) is 128 Å². The lowest BCUT2D eigenvalue weighted by atomic mass is 9.98. The fourth-order valence-corrected chi connectivity index (χ4v) is 4.16. The Bertz CT molecular complexity index is 759. The summed E-state index contributed by atoms with van der Waals surface area (Å²) in [5.74, 6) is -3.49. The van der Waals surface area contributed by atoms with Crippen LogP contribution < -0.4 is 4.72 Å². The zero-order valence-corrected chi connectivity index (χ0v) is 18.5. The van der Waals surface area contributed by atoms with Crippen LogP contribution in [0.2, 0.25) is 0 Å². The standard InChI is InChI=1S/C17H29NO10S/c1-14(2,3)27-13(19)18-29(20,21)23-9-17-12(26-16(6,7)28-17)11-10(8-22-17)24-15(4,5)25-11/h10-12H,8-9H2,1-7H3,(H,18,19)/t10?,11?,12?,17-/m0/s1. The monoisotopic (exact) mass is 439 g/mol. The number of ether oxygens (including phenoxy) is 6. The maximum Gasteiger partial charge on any atom is 0.423 e. The van der Waals surface area contributed by atoms with Crippen molar-refractivity contribution in [1.82, 2.24) is 4.72 Å². The summed E-state index contributed by atoms with van der Waals surface area (Å²) in [4.78, 5) is 11.8.